The minimum absolute atomic E-state index is 0.0196. The fourth-order valence-corrected chi connectivity index (χ4v) is 3.50. The number of benzene rings is 3. The molecule has 4 rings (SSSR count). The molecule has 0 fully saturated rings. The average molecular weight is 331 g/mol. The van der Waals surface area contributed by atoms with E-state index in [-0.39, 0.29) is 11.9 Å². The van der Waals surface area contributed by atoms with Crippen LogP contribution in [0.1, 0.15) is 28.4 Å². The molecule has 1 N–H and O–H groups in total. The normalized spacial score (nSPS) is 14.0. The smallest absolute Gasteiger partial charge is 0.252 e. The summed E-state index contributed by atoms with van der Waals surface area (Å²) in [5, 5.41) is 5.21. The molecule has 3 nitrogen and oxygen atoms in total. The van der Waals surface area contributed by atoms with Gasteiger partial charge in [-0.25, -0.2) is 0 Å². The van der Waals surface area contributed by atoms with Gasteiger partial charge in [-0.05, 0) is 47.4 Å². The highest BCUT2D eigenvalue weighted by atomic mass is 16.5. The number of nitrogens with one attached hydrogen (secondary N) is 1. The first kappa shape index (κ1) is 15.7. The Kier molecular flexibility index (Phi) is 4.14. The standard InChI is InChI=1S/C22H21NO2/c1-15(13-16-9-10-21-18(14-16)11-12-25-21)23-22(24)20-8-4-6-17-5-2-3-7-19(17)20/h2-10,14-15H,11-13H2,1H3,(H,23,24)/t15-/m0/s1. The predicted octanol–water partition coefficient (Wildman–Crippen LogP) is 4.14. The molecule has 0 unspecified atom stereocenters. The molecule has 1 aliphatic rings. The first-order valence-corrected chi connectivity index (χ1v) is 8.74. The zero-order valence-corrected chi connectivity index (χ0v) is 14.3. The Labute approximate surface area is 147 Å². The Morgan fingerprint density at radius 3 is 2.88 bits per heavy atom. The van der Waals surface area contributed by atoms with Crippen molar-refractivity contribution in [3.63, 3.8) is 0 Å². The van der Waals surface area contributed by atoms with E-state index in [1.165, 1.54) is 11.1 Å². The van der Waals surface area contributed by atoms with Crippen LogP contribution in [0.2, 0.25) is 0 Å². The molecule has 1 heterocycles. The first-order chi connectivity index (χ1) is 12.2. The molecule has 0 aromatic heterocycles. The van der Waals surface area contributed by atoms with Crippen molar-refractivity contribution in [2.24, 2.45) is 0 Å². The van der Waals surface area contributed by atoms with E-state index in [4.69, 9.17) is 4.74 Å². The number of rotatable bonds is 4. The lowest BCUT2D eigenvalue weighted by molar-refractivity contribution is 0.0942. The van der Waals surface area contributed by atoms with Gasteiger partial charge in [0.2, 0.25) is 0 Å². The summed E-state index contributed by atoms with van der Waals surface area (Å²) in [5.41, 5.74) is 3.23. The molecular weight excluding hydrogens is 310 g/mol. The summed E-state index contributed by atoms with van der Waals surface area (Å²) < 4.78 is 5.55. The summed E-state index contributed by atoms with van der Waals surface area (Å²) in [5.74, 6) is 0.977. The molecule has 0 saturated carbocycles. The molecule has 0 saturated heterocycles. The van der Waals surface area contributed by atoms with Gasteiger partial charge in [0, 0.05) is 18.0 Å². The number of ether oxygens (including phenoxy) is 1. The van der Waals surface area contributed by atoms with Crippen LogP contribution in [-0.4, -0.2) is 18.6 Å². The molecule has 3 aromatic carbocycles. The van der Waals surface area contributed by atoms with Gasteiger partial charge in [-0.1, -0.05) is 48.5 Å². The maximum absolute atomic E-state index is 12.7. The van der Waals surface area contributed by atoms with Crippen LogP contribution in [0.15, 0.2) is 60.7 Å². The number of carbonyl (C=O) groups excluding carboxylic acids is 1. The highest BCUT2D eigenvalue weighted by Gasteiger charge is 2.15. The third-order valence-corrected chi connectivity index (χ3v) is 4.71. The molecule has 3 aromatic rings. The van der Waals surface area contributed by atoms with Gasteiger partial charge in [0.1, 0.15) is 5.75 Å². The third-order valence-electron chi connectivity index (χ3n) is 4.71. The quantitative estimate of drug-likeness (QED) is 0.780. The van der Waals surface area contributed by atoms with E-state index in [0.717, 1.165) is 41.5 Å². The van der Waals surface area contributed by atoms with E-state index in [9.17, 15) is 4.79 Å². The molecule has 0 radical (unpaired) electrons. The van der Waals surface area contributed by atoms with Gasteiger partial charge in [0.15, 0.2) is 0 Å². The van der Waals surface area contributed by atoms with Crippen LogP contribution in [0, 0.1) is 0 Å². The Balaban J connectivity index is 1.48. The maximum Gasteiger partial charge on any atom is 0.252 e. The number of fused-ring (bicyclic) bond motifs is 2. The Bertz CT molecular complexity index is 927. The monoisotopic (exact) mass is 331 g/mol. The largest absolute Gasteiger partial charge is 0.493 e. The van der Waals surface area contributed by atoms with Crippen LogP contribution in [0.5, 0.6) is 5.75 Å². The Morgan fingerprint density at radius 1 is 1.12 bits per heavy atom. The minimum Gasteiger partial charge on any atom is -0.493 e. The van der Waals surface area contributed by atoms with Gasteiger partial charge in [0.25, 0.3) is 5.91 Å². The maximum atomic E-state index is 12.7. The zero-order valence-electron chi connectivity index (χ0n) is 14.3. The fourth-order valence-electron chi connectivity index (χ4n) is 3.50. The summed E-state index contributed by atoms with van der Waals surface area (Å²) in [4.78, 5) is 12.7. The van der Waals surface area contributed by atoms with Crippen molar-refractivity contribution in [2.45, 2.75) is 25.8 Å². The molecule has 126 valence electrons. The number of amides is 1. The highest BCUT2D eigenvalue weighted by molar-refractivity contribution is 6.07. The van der Waals surface area contributed by atoms with Crippen LogP contribution in [-0.2, 0) is 12.8 Å². The molecule has 25 heavy (non-hydrogen) atoms. The van der Waals surface area contributed by atoms with E-state index >= 15 is 0 Å². The average Bonchev–Trinajstić information content (AvgIpc) is 3.08. The van der Waals surface area contributed by atoms with Crippen LogP contribution in [0.25, 0.3) is 10.8 Å². The lowest BCUT2D eigenvalue weighted by Crippen LogP contribution is -2.34. The Morgan fingerprint density at radius 2 is 1.96 bits per heavy atom. The number of carbonyl (C=O) groups is 1. The Hall–Kier alpha value is -2.81. The summed E-state index contributed by atoms with van der Waals surface area (Å²) in [6, 6.07) is 20.2. The zero-order chi connectivity index (χ0) is 17.2. The van der Waals surface area contributed by atoms with E-state index in [0.29, 0.717) is 0 Å². The summed E-state index contributed by atoms with van der Waals surface area (Å²) in [6.45, 7) is 2.82. The van der Waals surface area contributed by atoms with Crippen molar-refractivity contribution < 1.29 is 9.53 Å². The van der Waals surface area contributed by atoms with E-state index in [2.05, 4.69) is 17.4 Å². The van der Waals surface area contributed by atoms with Crippen LogP contribution in [0.3, 0.4) is 0 Å². The highest BCUT2D eigenvalue weighted by Crippen LogP contribution is 2.26. The second-order valence-electron chi connectivity index (χ2n) is 6.65. The van der Waals surface area contributed by atoms with E-state index in [1.54, 1.807) is 0 Å². The topological polar surface area (TPSA) is 38.3 Å². The van der Waals surface area contributed by atoms with E-state index in [1.807, 2.05) is 55.5 Å². The second kappa shape index (κ2) is 6.60. The molecule has 0 spiro atoms. The van der Waals surface area contributed by atoms with Crippen LogP contribution in [0.4, 0.5) is 0 Å². The fraction of sp³-hybridized carbons (Fsp3) is 0.227. The van der Waals surface area contributed by atoms with Gasteiger partial charge in [-0.3, -0.25) is 4.79 Å². The van der Waals surface area contributed by atoms with Crippen LogP contribution >= 0.6 is 0 Å². The lowest BCUT2D eigenvalue weighted by Gasteiger charge is -2.15. The predicted molar refractivity (Wildman–Crippen MR) is 100 cm³/mol. The number of hydrogen-bond donors (Lipinski definition) is 1. The molecule has 1 aliphatic heterocycles. The third kappa shape index (κ3) is 3.22. The second-order valence-corrected chi connectivity index (χ2v) is 6.65. The van der Waals surface area contributed by atoms with Gasteiger partial charge in [-0.15, -0.1) is 0 Å². The van der Waals surface area contributed by atoms with Crippen molar-refractivity contribution in [1.29, 1.82) is 0 Å². The molecule has 1 atom stereocenters. The van der Waals surface area contributed by atoms with Crippen molar-refractivity contribution >= 4 is 16.7 Å². The summed E-state index contributed by atoms with van der Waals surface area (Å²) in [6.07, 6.45) is 1.78. The first-order valence-electron chi connectivity index (χ1n) is 8.74. The van der Waals surface area contributed by atoms with Crippen molar-refractivity contribution in [2.75, 3.05) is 6.61 Å². The van der Waals surface area contributed by atoms with E-state index < -0.39 is 0 Å². The van der Waals surface area contributed by atoms with Gasteiger partial charge in [-0.2, -0.15) is 0 Å². The lowest BCUT2D eigenvalue weighted by atomic mass is 10.0. The molecule has 1 amide bonds. The number of hydrogen-bond acceptors (Lipinski definition) is 2. The van der Waals surface area contributed by atoms with Gasteiger partial charge >= 0.3 is 0 Å². The van der Waals surface area contributed by atoms with Crippen molar-refractivity contribution in [3.8, 4) is 5.75 Å². The van der Waals surface area contributed by atoms with Gasteiger partial charge in [0.05, 0.1) is 6.61 Å². The summed E-state index contributed by atoms with van der Waals surface area (Å²) in [7, 11) is 0. The SMILES string of the molecule is C[C@@H](Cc1ccc2c(c1)CCO2)NC(=O)c1cccc2ccccc12. The van der Waals surface area contributed by atoms with Crippen molar-refractivity contribution in [1.82, 2.24) is 5.32 Å². The minimum atomic E-state index is -0.0196. The molecular formula is C22H21NO2. The molecule has 0 aliphatic carbocycles. The van der Waals surface area contributed by atoms with Gasteiger partial charge < -0.3 is 10.1 Å². The summed E-state index contributed by atoms with van der Waals surface area (Å²) >= 11 is 0. The van der Waals surface area contributed by atoms with Crippen molar-refractivity contribution in [3.05, 3.63) is 77.4 Å². The van der Waals surface area contributed by atoms with Crippen LogP contribution < -0.4 is 10.1 Å². The molecule has 3 heteroatoms. The molecule has 0 bridgehead atoms.